The fourth-order valence-corrected chi connectivity index (χ4v) is 2.76. The third-order valence-electron chi connectivity index (χ3n) is 4.15. The molecule has 0 saturated heterocycles. The largest absolute Gasteiger partial charge is 0.324 e. The minimum Gasteiger partial charge on any atom is -0.324 e. The Morgan fingerprint density at radius 2 is 1.48 bits per heavy atom. The van der Waals surface area contributed by atoms with E-state index >= 15 is 0 Å². The Bertz CT molecular complexity index is 364. The fourth-order valence-electron chi connectivity index (χ4n) is 2.76. The van der Waals surface area contributed by atoms with Gasteiger partial charge in [-0.15, -0.1) is 0 Å². The first-order valence-electron chi connectivity index (χ1n) is 8.75. The van der Waals surface area contributed by atoms with E-state index in [1.807, 2.05) is 6.07 Å². The standard InChI is InChI=1S/C19H32FN/c1-2-3-4-5-6-7-8-9-10-11-15-19(21)17-13-12-14-18(20)16-17/h12-14,16,19H,2-11,15,21H2,1H3. The highest BCUT2D eigenvalue weighted by atomic mass is 19.1. The summed E-state index contributed by atoms with van der Waals surface area (Å²) < 4.78 is 13.1. The number of halogens is 1. The predicted molar refractivity (Wildman–Crippen MR) is 89.8 cm³/mol. The first kappa shape index (κ1) is 18.2. The normalized spacial score (nSPS) is 12.5. The van der Waals surface area contributed by atoms with Gasteiger partial charge in [0.05, 0.1) is 0 Å². The van der Waals surface area contributed by atoms with Gasteiger partial charge < -0.3 is 5.73 Å². The zero-order chi connectivity index (χ0) is 15.3. The Hall–Kier alpha value is -0.890. The van der Waals surface area contributed by atoms with Crippen molar-refractivity contribution in [2.24, 2.45) is 5.73 Å². The molecule has 0 heterocycles. The lowest BCUT2D eigenvalue weighted by Crippen LogP contribution is -2.10. The predicted octanol–water partition coefficient (Wildman–Crippen LogP) is 6.14. The van der Waals surface area contributed by atoms with Gasteiger partial charge in [0.2, 0.25) is 0 Å². The maximum Gasteiger partial charge on any atom is 0.123 e. The van der Waals surface area contributed by atoms with Crippen LogP contribution in [0.4, 0.5) is 4.39 Å². The van der Waals surface area contributed by atoms with Crippen LogP contribution in [0.1, 0.15) is 89.2 Å². The van der Waals surface area contributed by atoms with Crippen molar-refractivity contribution in [3.63, 3.8) is 0 Å². The Kier molecular flexibility index (Phi) is 10.1. The lowest BCUT2D eigenvalue weighted by atomic mass is 10.00. The smallest absolute Gasteiger partial charge is 0.123 e. The second kappa shape index (κ2) is 11.7. The van der Waals surface area contributed by atoms with E-state index in [0.29, 0.717) is 0 Å². The zero-order valence-electron chi connectivity index (χ0n) is 13.6. The van der Waals surface area contributed by atoms with Crippen LogP contribution in [0.2, 0.25) is 0 Å². The first-order valence-corrected chi connectivity index (χ1v) is 8.75. The number of rotatable bonds is 12. The van der Waals surface area contributed by atoms with Gasteiger partial charge in [0.1, 0.15) is 5.82 Å². The minimum atomic E-state index is -0.189. The summed E-state index contributed by atoms with van der Waals surface area (Å²) in [5.41, 5.74) is 7.03. The van der Waals surface area contributed by atoms with Crippen molar-refractivity contribution >= 4 is 0 Å². The van der Waals surface area contributed by atoms with Gasteiger partial charge in [-0.25, -0.2) is 4.39 Å². The van der Waals surface area contributed by atoms with Crippen molar-refractivity contribution in [2.45, 2.75) is 83.6 Å². The first-order chi connectivity index (χ1) is 10.2. The van der Waals surface area contributed by atoms with Gasteiger partial charge in [0.15, 0.2) is 0 Å². The van der Waals surface area contributed by atoms with Crippen molar-refractivity contribution in [2.75, 3.05) is 0 Å². The number of unbranched alkanes of at least 4 members (excludes halogenated alkanes) is 9. The molecule has 1 unspecified atom stereocenters. The van der Waals surface area contributed by atoms with E-state index < -0.39 is 0 Å². The summed E-state index contributed by atoms with van der Waals surface area (Å²) in [5.74, 6) is -0.189. The van der Waals surface area contributed by atoms with E-state index in [0.717, 1.165) is 18.4 Å². The van der Waals surface area contributed by atoms with Crippen molar-refractivity contribution in [1.29, 1.82) is 0 Å². The highest BCUT2D eigenvalue weighted by Gasteiger charge is 2.06. The van der Waals surface area contributed by atoms with Gasteiger partial charge in [-0.3, -0.25) is 0 Å². The molecule has 1 aromatic carbocycles. The third-order valence-corrected chi connectivity index (χ3v) is 4.15. The molecule has 0 aliphatic carbocycles. The maximum atomic E-state index is 13.1. The molecular weight excluding hydrogens is 261 g/mol. The molecule has 1 atom stereocenters. The van der Waals surface area contributed by atoms with Crippen LogP contribution in [0.25, 0.3) is 0 Å². The SMILES string of the molecule is CCCCCCCCCCCCC(N)c1cccc(F)c1. The molecule has 0 saturated carbocycles. The monoisotopic (exact) mass is 293 g/mol. The summed E-state index contributed by atoms with van der Waals surface area (Å²) in [6.45, 7) is 2.26. The van der Waals surface area contributed by atoms with E-state index in [1.54, 1.807) is 12.1 Å². The quantitative estimate of drug-likeness (QED) is 0.460. The van der Waals surface area contributed by atoms with Gasteiger partial charge >= 0.3 is 0 Å². The summed E-state index contributed by atoms with van der Waals surface area (Å²) in [5, 5.41) is 0. The molecule has 1 nitrogen and oxygen atoms in total. The molecule has 0 amide bonds. The number of hydrogen-bond acceptors (Lipinski definition) is 1. The van der Waals surface area contributed by atoms with Crippen LogP contribution in [-0.2, 0) is 0 Å². The molecule has 0 spiro atoms. The van der Waals surface area contributed by atoms with Crippen LogP contribution in [0.5, 0.6) is 0 Å². The topological polar surface area (TPSA) is 26.0 Å². The second-order valence-electron chi connectivity index (χ2n) is 6.13. The van der Waals surface area contributed by atoms with E-state index in [9.17, 15) is 4.39 Å². The summed E-state index contributed by atoms with van der Waals surface area (Å²) in [6, 6.07) is 6.67. The summed E-state index contributed by atoms with van der Waals surface area (Å²) >= 11 is 0. The molecule has 0 radical (unpaired) electrons. The van der Waals surface area contributed by atoms with Gasteiger partial charge in [-0.05, 0) is 24.1 Å². The summed E-state index contributed by atoms with van der Waals surface area (Å²) in [6.07, 6.45) is 14.3. The van der Waals surface area contributed by atoms with Crippen molar-refractivity contribution < 1.29 is 4.39 Å². The van der Waals surface area contributed by atoms with Crippen LogP contribution < -0.4 is 5.73 Å². The molecule has 1 rings (SSSR count). The van der Waals surface area contributed by atoms with Gasteiger partial charge in [0.25, 0.3) is 0 Å². The lowest BCUT2D eigenvalue weighted by molar-refractivity contribution is 0.527. The number of benzene rings is 1. The molecule has 2 N–H and O–H groups in total. The summed E-state index contributed by atoms with van der Waals surface area (Å²) in [4.78, 5) is 0. The molecule has 1 aromatic rings. The van der Waals surface area contributed by atoms with Crippen LogP contribution in [0.15, 0.2) is 24.3 Å². The molecule has 0 aliphatic rings. The molecule has 0 fully saturated rings. The Balaban J connectivity index is 1.96. The van der Waals surface area contributed by atoms with Crippen LogP contribution >= 0.6 is 0 Å². The number of hydrogen-bond donors (Lipinski definition) is 1. The highest BCUT2D eigenvalue weighted by molar-refractivity contribution is 5.19. The lowest BCUT2D eigenvalue weighted by Gasteiger charge is -2.11. The zero-order valence-corrected chi connectivity index (χ0v) is 13.6. The number of nitrogens with two attached hydrogens (primary N) is 1. The minimum absolute atomic E-state index is 0.0188. The van der Waals surface area contributed by atoms with Gasteiger partial charge in [-0.2, -0.15) is 0 Å². The summed E-state index contributed by atoms with van der Waals surface area (Å²) in [7, 11) is 0. The molecule has 21 heavy (non-hydrogen) atoms. The van der Waals surface area contributed by atoms with Crippen molar-refractivity contribution in [1.82, 2.24) is 0 Å². The average molecular weight is 293 g/mol. The maximum absolute atomic E-state index is 13.1. The molecular formula is C19H32FN. The van der Waals surface area contributed by atoms with Crippen LogP contribution in [-0.4, -0.2) is 0 Å². The molecule has 0 aromatic heterocycles. The Morgan fingerprint density at radius 3 is 2.05 bits per heavy atom. The molecule has 0 aliphatic heterocycles. The third kappa shape index (κ3) is 8.87. The Labute approximate surface area is 130 Å². The van der Waals surface area contributed by atoms with E-state index in [-0.39, 0.29) is 11.9 Å². The molecule has 2 heteroatoms. The molecule has 120 valence electrons. The van der Waals surface area contributed by atoms with Gasteiger partial charge in [0, 0.05) is 6.04 Å². The second-order valence-corrected chi connectivity index (χ2v) is 6.13. The Morgan fingerprint density at radius 1 is 0.905 bits per heavy atom. The van der Waals surface area contributed by atoms with E-state index in [1.165, 1.54) is 63.9 Å². The van der Waals surface area contributed by atoms with Crippen LogP contribution in [0.3, 0.4) is 0 Å². The van der Waals surface area contributed by atoms with E-state index in [4.69, 9.17) is 5.73 Å². The van der Waals surface area contributed by atoms with Crippen molar-refractivity contribution in [3.8, 4) is 0 Å². The van der Waals surface area contributed by atoms with Gasteiger partial charge in [-0.1, -0.05) is 83.3 Å². The van der Waals surface area contributed by atoms with Crippen LogP contribution in [0, 0.1) is 5.82 Å². The highest BCUT2D eigenvalue weighted by Crippen LogP contribution is 2.19. The average Bonchev–Trinajstić information content (AvgIpc) is 2.49. The van der Waals surface area contributed by atoms with E-state index in [2.05, 4.69) is 6.92 Å². The van der Waals surface area contributed by atoms with Crippen molar-refractivity contribution in [3.05, 3.63) is 35.6 Å². The fraction of sp³-hybridized carbons (Fsp3) is 0.684. The molecule has 0 bridgehead atoms.